The molecule has 2 unspecified atom stereocenters. The standard InChI is InChI=1S/C8H12N6OS/c1-3-5-7(11-13-9)16(15)8(6-4-2)12-14-10/h3-4,7-8H,1-2,5-6H2. The van der Waals surface area contributed by atoms with Gasteiger partial charge in [0.2, 0.25) is 0 Å². The smallest absolute Gasteiger partial charge is 0.198 e. The van der Waals surface area contributed by atoms with E-state index in [1.165, 1.54) is 12.2 Å². The molecule has 0 saturated carbocycles. The zero-order valence-corrected chi connectivity index (χ0v) is 9.45. The molecule has 0 aromatic carbocycles. The fourth-order valence-corrected chi connectivity index (χ4v) is 2.24. The minimum Gasteiger partial charge on any atom is -0.616 e. The summed E-state index contributed by atoms with van der Waals surface area (Å²) in [5, 5.41) is 5.25. The molecule has 0 heterocycles. The lowest BCUT2D eigenvalue weighted by molar-refractivity contribution is 0.563. The average Bonchev–Trinajstić information content (AvgIpc) is 2.27. The minimum atomic E-state index is -1.58. The van der Waals surface area contributed by atoms with Crippen molar-refractivity contribution in [2.45, 2.75) is 23.6 Å². The molecule has 0 aromatic heterocycles. The van der Waals surface area contributed by atoms with E-state index >= 15 is 0 Å². The Morgan fingerprint density at radius 2 is 1.50 bits per heavy atom. The van der Waals surface area contributed by atoms with E-state index in [-0.39, 0.29) is 12.8 Å². The third kappa shape index (κ3) is 4.77. The van der Waals surface area contributed by atoms with Gasteiger partial charge in [0.15, 0.2) is 10.7 Å². The van der Waals surface area contributed by atoms with Crippen molar-refractivity contribution in [2.24, 2.45) is 10.2 Å². The summed E-state index contributed by atoms with van der Waals surface area (Å²) in [7, 11) is 0. The van der Waals surface area contributed by atoms with Crippen LogP contribution in [0.3, 0.4) is 0 Å². The van der Waals surface area contributed by atoms with Gasteiger partial charge in [0.1, 0.15) is 0 Å². The Morgan fingerprint density at radius 1 is 1.12 bits per heavy atom. The van der Waals surface area contributed by atoms with E-state index in [9.17, 15) is 4.55 Å². The molecule has 0 rings (SSSR count). The van der Waals surface area contributed by atoms with Crippen LogP contribution in [0.4, 0.5) is 0 Å². The molecule has 0 aliphatic rings. The Labute approximate surface area is 96.3 Å². The summed E-state index contributed by atoms with van der Waals surface area (Å²) in [6.45, 7) is 6.95. The van der Waals surface area contributed by atoms with Crippen LogP contribution in [0.5, 0.6) is 0 Å². The van der Waals surface area contributed by atoms with Crippen molar-refractivity contribution in [1.29, 1.82) is 0 Å². The van der Waals surface area contributed by atoms with Gasteiger partial charge in [0.25, 0.3) is 0 Å². The van der Waals surface area contributed by atoms with Gasteiger partial charge < -0.3 is 4.55 Å². The van der Waals surface area contributed by atoms with Gasteiger partial charge in [-0.1, -0.05) is 12.2 Å². The van der Waals surface area contributed by atoms with Gasteiger partial charge >= 0.3 is 0 Å². The normalized spacial score (nSPS) is 14.8. The molecule has 86 valence electrons. The fraction of sp³-hybridized carbons (Fsp3) is 0.500. The fourth-order valence-electron chi connectivity index (χ4n) is 0.959. The Morgan fingerprint density at radius 3 is 1.75 bits per heavy atom. The van der Waals surface area contributed by atoms with Crippen molar-refractivity contribution in [1.82, 2.24) is 0 Å². The predicted molar refractivity (Wildman–Crippen MR) is 63.6 cm³/mol. The van der Waals surface area contributed by atoms with Crippen LogP contribution in [-0.4, -0.2) is 15.3 Å². The maximum atomic E-state index is 11.9. The molecule has 0 N–H and O–H groups in total. The topological polar surface area (TPSA) is 121 Å². The van der Waals surface area contributed by atoms with Crippen LogP contribution in [0.2, 0.25) is 0 Å². The summed E-state index contributed by atoms with van der Waals surface area (Å²) in [6, 6.07) is 0. The molecule has 0 aliphatic heterocycles. The van der Waals surface area contributed by atoms with Gasteiger partial charge in [0.05, 0.1) is 0 Å². The highest BCUT2D eigenvalue weighted by Gasteiger charge is 2.27. The Hall–Kier alpha value is -1.59. The van der Waals surface area contributed by atoms with E-state index in [0.29, 0.717) is 0 Å². The van der Waals surface area contributed by atoms with Crippen LogP contribution in [0.25, 0.3) is 20.9 Å². The maximum Gasteiger partial charge on any atom is 0.198 e. The molecule has 0 bridgehead atoms. The first-order valence-corrected chi connectivity index (χ1v) is 5.68. The second-order valence-electron chi connectivity index (χ2n) is 2.70. The van der Waals surface area contributed by atoms with Gasteiger partial charge in [-0.2, -0.15) is 0 Å². The molecule has 0 aromatic rings. The number of hydrogen-bond acceptors (Lipinski definition) is 3. The zero-order chi connectivity index (χ0) is 12.4. The van der Waals surface area contributed by atoms with Gasteiger partial charge in [0, 0.05) is 22.7 Å². The maximum absolute atomic E-state index is 11.9. The van der Waals surface area contributed by atoms with E-state index in [1.807, 2.05) is 0 Å². The highest BCUT2D eigenvalue weighted by atomic mass is 32.2. The molecule has 0 spiro atoms. The number of azide groups is 2. The highest BCUT2D eigenvalue weighted by Crippen LogP contribution is 2.19. The van der Waals surface area contributed by atoms with E-state index in [1.54, 1.807) is 0 Å². The lowest BCUT2D eigenvalue weighted by Crippen LogP contribution is -2.28. The molecule has 2 atom stereocenters. The van der Waals surface area contributed by atoms with E-state index in [0.717, 1.165) is 0 Å². The van der Waals surface area contributed by atoms with Crippen LogP contribution in [0, 0.1) is 0 Å². The van der Waals surface area contributed by atoms with Crippen molar-refractivity contribution in [3.05, 3.63) is 46.2 Å². The summed E-state index contributed by atoms with van der Waals surface area (Å²) in [6.07, 6.45) is 3.53. The van der Waals surface area contributed by atoms with Gasteiger partial charge in [-0.05, 0) is 32.5 Å². The van der Waals surface area contributed by atoms with Gasteiger partial charge in [-0.15, -0.1) is 13.2 Å². The average molecular weight is 240 g/mol. The second-order valence-corrected chi connectivity index (χ2v) is 4.44. The Bertz CT molecular complexity index is 301. The molecular weight excluding hydrogens is 228 g/mol. The Kier molecular flexibility index (Phi) is 7.83. The quantitative estimate of drug-likeness (QED) is 0.209. The monoisotopic (exact) mass is 240 g/mol. The molecular formula is C8H12N6OS. The first kappa shape index (κ1) is 14.4. The largest absolute Gasteiger partial charge is 0.616 e. The number of nitrogens with zero attached hydrogens (tertiary/aromatic N) is 6. The van der Waals surface area contributed by atoms with Crippen LogP contribution >= 0.6 is 0 Å². The lowest BCUT2D eigenvalue weighted by atomic mass is 10.4. The highest BCUT2D eigenvalue weighted by molar-refractivity contribution is 7.92. The third-order valence-corrected chi connectivity index (χ3v) is 3.28. The van der Waals surface area contributed by atoms with E-state index in [2.05, 4.69) is 33.2 Å². The summed E-state index contributed by atoms with van der Waals surface area (Å²) < 4.78 is 11.9. The third-order valence-electron chi connectivity index (χ3n) is 1.63. The SMILES string of the molecule is C=CCC(N=[N+]=[N-])[S+]([O-])C(CC=C)N=[N+]=[N-]. The number of hydrogen-bond donors (Lipinski definition) is 0. The van der Waals surface area contributed by atoms with Crippen molar-refractivity contribution < 1.29 is 4.55 Å². The summed E-state index contributed by atoms with van der Waals surface area (Å²) in [5.74, 6) is 0. The molecule has 0 amide bonds. The summed E-state index contributed by atoms with van der Waals surface area (Å²) >= 11 is -1.58. The van der Waals surface area contributed by atoms with Crippen molar-refractivity contribution >= 4 is 11.2 Å². The molecule has 0 fully saturated rings. The van der Waals surface area contributed by atoms with E-state index in [4.69, 9.17) is 11.1 Å². The van der Waals surface area contributed by atoms with Gasteiger partial charge in [-0.25, -0.2) is 0 Å². The first-order valence-electron chi connectivity index (χ1n) is 4.40. The van der Waals surface area contributed by atoms with Crippen LogP contribution in [-0.2, 0) is 11.2 Å². The second kappa shape index (κ2) is 8.70. The first-order chi connectivity index (χ1) is 7.71. The molecule has 16 heavy (non-hydrogen) atoms. The minimum absolute atomic E-state index is 0.269. The Balaban J connectivity index is 4.82. The molecule has 0 radical (unpaired) electrons. The molecule has 0 saturated heterocycles. The van der Waals surface area contributed by atoms with Crippen molar-refractivity contribution in [2.75, 3.05) is 0 Å². The molecule has 0 aliphatic carbocycles. The molecule has 7 nitrogen and oxygen atoms in total. The number of rotatable bonds is 8. The lowest BCUT2D eigenvalue weighted by Gasteiger charge is -2.21. The van der Waals surface area contributed by atoms with Crippen LogP contribution in [0.1, 0.15) is 12.8 Å². The van der Waals surface area contributed by atoms with Gasteiger partial charge in [-0.3, -0.25) is 0 Å². The summed E-state index contributed by atoms with van der Waals surface area (Å²) in [4.78, 5) is 5.20. The molecule has 8 heteroatoms. The zero-order valence-electron chi connectivity index (χ0n) is 8.64. The predicted octanol–water partition coefficient (Wildman–Crippen LogP) is 3.16. The summed E-state index contributed by atoms with van der Waals surface area (Å²) in [5.41, 5.74) is 16.6. The van der Waals surface area contributed by atoms with E-state index < -0.39 is 21.9 Å². The van der Waals surface area contributed by atoms with Crippen LogP contribution < -0.4 is 0 Å². The van der Waals surface area contributed by atoms with Crippen LogP contribution in [0.15, 0.2) is 35.5 Å². The van der Waals surface area contributed by atoms with Crippen molar-refractivity contribution in [3.8, 4) is 0 Å². The van der Waals surface area contributed by atoms with Crippen molar-refractivity contribution in [3.63, 3.8) is 0 Å².